The van der Waals surface area contributed by atoms with E-state index in [9.17, 15) is 66.1 Å². The Hall–Kier alpha value is -12.8. The lowest BCUT2D eigenvalue weighted by atomic mass is 10.0. The Morgan fingerprint density at radius 2 is 0.566 bits per heavy atom. The minimum absolute atomic E-state index is 0.00116. The fourth-order valence-electron chi connectivity index (χ4n) is 12.3. The van der Waals surface area contributed by atoms with E-state index in [1.165, 1.54) is 59.8 Å². The average Bonchev–Trinajstić information content (AvgIpc) is 1.50. The Balaban J connectivity index is 0.000000153. The molecule has 5 aliphatic rings. The predicted octanol–water partition coefficient (Wildman–Crippen LogP) is 19.8. The summed E-state index contributed by atoms with van der Waals surface area (Å²) in [6.07, 6.45) is -10.2. The predicted molar refractivity (Wildman–Crippen MR) is 534 cm³/mol. The zero-order chi connectivity index (χ0) is 130. The van der Waals surface area contributed by atoms with Gasteiger partial charge in [0, 0.05) is 60.7 Å². The zero-order valence-electron chi connectivity index (χ0n) is 104. The quantitative estimate of drug-likeness (QED) is 0.0261. The van der Waals surface area contributed by atoms with E-state index < -0.39 is 338 Å². The van der Waals surface area contributed by atoms with Crippen LogP contribution >= 0.6 is 115 Å². The van der Waals surface area contributed by atoms with Crippen molar-refractivity contribution in [3.05, 3.63) is 251 Å². The summed E-state index contributed by atoms with van der Waals surface area (Å²) in [4.78, 5) is 61.8. The molecule has 760 valence electrons. The first-order valence-corrected chi connectivity index (χ1v) is 53.0. The van der Waals surface area contributed by atoms with Crippen LogP contribution in [-0.4, -0.2) is 131 Å². The van der Waals surface area contributed by atoms with Crippen LogP contribution in [0.5, 0.6) is 57.5 Å². The molecular formula is C90H75Cl5N10O30S10. The van der Waals surface area contributed by atoms with E-state index in [2.05, 4.69) is 30.5 Å². The summed E-state index contributed by atoms with van der Waals surface area (Å²) >= 11 is 33.2. The number of halogens is 5. The fraction of sp³-hybridized carbons (Fsp3) is 0.222. The number of ether oxygens (including phenoxy) is 10. The highest BCUT2D eigenvalue weighted by atomic mass is 35.5. The van der Waals surface area contributed by atoms with Crippen molar-refractivity contribution in [2.75, 3.05) is 57.5 Å². The number of Topliss-reactive ketones (excluding diaryl/α,β-unsaturated/α-hetero) is 5. The molecule has 20 rings (SSSR count). The summed E-state index contributed by atoms with van der Waals surface area (Å²) in [5.41, 5.74) is -3.96. The molecule has 0 saturated carbocycles. The number of thiophene rings is 5. The second-order valence-corrected chi connectivity index (χ2v) is 43.7. The van der Waals surface area contributed by atoms with Crippen LogP contribution < -0.4 is 71.0 Å². The van der Waals surface area contributed by atoms with Gasteiger partial charge in [-0.1, -0.05) is 83.8 Å². The maximum Gasteiger partial charge on any atom is 0.265 e. The van der Waals surface area contributed by atoms with Crippen LogP contribution in [0.3, 0.4) is 0 Å². The van der Waals surface area contributed by atoms with E-state index in [0.29, 0.717) is 73.7 Å². The lowest BCUT2D eigenvalue weighted by molar-refractivity contribution is 0.0985. The second-order valence-electron chi connectivity index (χ2n) is 28.9. The van der Waals surface area contributed by atoms with Crippen molar-refractivity contribution in [2.45, 2.75) is 125 Å². The minimum Gasteiger partial charge on any atom is -0.454 e. The summed E-state index contributed by atoms with van der Waals surface area (Å²) in [6, 6.07) is 6.80. The van der Waals surface area contributed by atoms with E-state index in [0.717, 1.165) is 46.4 Å². The van der Waals surface area contributed by atoms with Crippen LogP contribution in [0.25, 0.3) is 0 Å². The number of benzene rings is 5. The van der Waals surface area contributed by atoms with Crippen LogP contribution in [0.15, 0.2) is 165 Å². The number of sulfonamides is 5. The van der Waals surface area contributed by atoms with E-state index >= 15 is 0 Å². The molecule has 15 aromatic rings. The van der Waals surface area contributed by atoms with Gasteiger partial charge in [-0.2, -0.15) is 0 Å². The lowest BCUT2D eigenvalue weighted by Crippen LogP contribution is -2.16. The third-order valence-electron chi connectivity index (χ3n) is 19.3. The van der Waals surface area contributed by atoms with Crippen molar-refractivity contribution in [1.82, 2.24) is 25.8 Å². The second kappa shape index (κ2) is 43.1. The number of aromatic nitrogens is 5. The van der Waals surface area contributed by atoms with Crippen molar-refractivity contribution in [3.8, 4) is 57.5 Å². The number of carbonyl (C=O) groups is 5. The molecule has 40 nitrogen and oxygen atoms in total. The average molecular weight is 2310 g/mol. The van der Waals surface area contributed by atoms with Crippen LogP contribution in [-0.2, 0) is 82.1 Å². The summed E-state index contributed by atoms with van der Waals surface area (Å²) in [6.45, 7) is -13.2. The van der Waals surface area contributed by atoms with Crippen LogP contribution in [0.2, 0.25) is 25.1 Å². The van der Waals surface area contributed by atoms with Gasteiger partial charge in [0.15, 0.2) is 86.4 Å². The first-order valence-electron chi connectivity index (χ1n) is 55.0. The Bertz CT molecular complexity index is 9830. The molecule has 5 aromatic carbocycles. The van der Waals surface area contributed by atoms with Gasteiger partial charge >= 0.3 is 0 Å². The number of anilines is 5. The summed E-state index contributed by atoms with van der Waals surface area (Å²) in [5.74, 6) is -9.41. The van der Waals surface area contributed by atoms with Crippen LogP contribution in [0.4, 0.5) is 29.4 Å². The molecule has 2 unspecified atom stereocenters. The molecule has 10 aromatic heterocycles. The van der Waals surface area contributed by atoms with E-state index in [1.54, 1.807) is 31.2 Å². The molecule has 2 atom stereocenters. The summed E-state index contributed by atoms with van der Waals surface area (Å²) in [5, 5.41) is 22.3. The molecular weight excluding hydrogens is 2200 g/mol. The third kappa shape index (κ3) is 23.2. The van der Waals surface area contributed by atoms with Gasteiger partial charge in [0.2, 0.25) is 33.9 Å². The Kier molecular flexibility index (Phi) is 21.3. The third-order valence-corrected chi connectivity index (χ3v) is 33.5. The molecule has 145 heavy (non-hydrogen) atoms. The highest BCUT2D eigenvalue weighted by Gasteiger charge is 2.36. The molecule has 5 N–H and O–H groups in total. The van der Waals surface area contributed by atoms with Gasteiger partial charge < -0.3 is 70.0 Å². The lowest BCUT2D eigenvalue weighted by Gasteiger charge is -2.09. The van der Waals surface area contributed by atoms with Gasteiger partial charge in [0.1, 0.15) is 83.5 Å². The summed E-state index contributed by atoms with van der Waals surface area (Å²) < 4.78 is 461. The maximum atomic E-state index is 13.5. The number of rotatable bonds is 30. The highest BCUT2D eigenvalue weighted by molar-refractivity contribution is 7.94. The molecule has 0 amide bonds. The van der Waals surface area contributed by atoms with Gasteiger partial charge in [0.25, 0.3) is 79.5 Å². The van der Waals surface area contributed by atoms with Crippen molar-refractivity contribution in [2.24, 2.45) is 0 Å². The number of ketones is 5. The number of carbonyl (C=O) groups excluding carboxylic acids is 5. The Labute approximate surface area is 913 Å². The van der Waals surface area contributed by atoms with Crippen molar-refractivity contribution < 1.29 is 179 Å². The largest absolute Gasteiger partial charge is 0.454 e. The smallest absolute Gasteiger partial charge is 0.265 e. The highest BCUT2D eigenvalue weighted by Crippen LogP contribution is 2.45. The van der Waals surface area contributed by atoms with E-state index in [-0.39, 0.29) is 77.1 Å². The van der Waals surface area contributed by atoms with E-state index in [4.69, 9.17) is 170 Å². The number of nitrogens with one attached hydrogen (secondary N) is 5. The van der Waals surface area contributed by atoms with E-state index in [1.807, 2.05) is 25.8 Å². The standard InChI is InChI=1S/5C18H15ClN2O6S2/c5*1-9-5-13-14(26-8-25-13)7-11(9)6-12(22)17-15(3-4-28-17)29(23,24)21-18-16(19)10(2)20-27-18/h5*3-5,7,21H,6,8H2,1-2H3/i1D3,5D,6D2,7D,8D2;1D3,5D,6D2,7D,8D;1D3,5D,6D2,7D;2D3,8D;2D3. The summed E-state index contributed by atoms with van der Waals surface area (Å²) in [7, 11) is -22.4. The number of nitrogens with zero attached hydrogens (tertiary/aromatic N) is 5. The van der Waals surface area contributed by atoms with Gasteiger partial charge in [-0.3, -0.25) is 24.0 Å². The molecule has 0 saturated heterocycles. The molecule has 0 aliphatic carbocycles. The molecule has 15 heterocycles. The Morgan fingerprint density at radius 1 is 0.324 bits per heavy atom. The van der Waals surface area contributed by atoms with Gasteiger partial charge in [-0.05, 0) is 242 Å². The van der Waals surface area contributed by atoms with Crippen molar-refractivity contribution in [1.29, 1.82) is 0 Å². The molecule has 0 bridgehead atoms. The number of aryl methyl sites for hydroxylation is 7. The zero-order valence-corrected chi connectivity index (χ0v) is 84.5. The van der Waals surface area contributed by atoms with Crippen molar-refractivity contribution >= 4 is 223 Å². The molecule has 0 radical (unpaired) electrons. The Morgan fingerprint density at radius 3 is 0.862 bits per heavy atom. The normalized spacial score (nSPS) is 18.2. The first-order chi connectivity index (χ1) is 81.2. The number of fused-ring (bicyclic) bond motifs is 5. The van der Waals surface area contributed by atoms with Gasteiger partial charge in [0.05, 0.1) is 32.6 Å². The van der Waals surface area contributed by atoms with Crippen LogP contribution in [0.1, 0.15) is 175 Å². The molecule has 0 fully saturated rings. The minimum atomic E-state index is -4.61. The topological polar surface area (TPSA) is 539 Å². The van der Waals surface area contributed by atoms with Crippen molar-refractivity contribution in [3.63, 3.8) is 0 Å². The monoisotopic (exact) mass is 2300 g/mol. The molecule has 5 aliphatic heterocycles. The first kappa shape index (κ1) is 71.7. The van der Waals surface area contributed by atoms with Gasteiger partial charge in [-0.15, -0.1) is 56.7 Å². The van der Waals surface area contributed by atoms with Gasteiger partial charge in [-0.25, -0.2) is 65.7 Å². The molecule has 0 spiro atoms. The SMILES string of the molecule is [2H]C([2H])([2H])c1noc(NS(=O)(=O)c2ccsc2C(=O)Cc2cc3c(cc2C)OCO3)c1Cl.[2H]C1Oc2cc(C)c(CC(=O)c3sccc3S(=O)(=O)Nc3onc(C([2H])([2H])[2H])c3Cl)cc2O1.[2H]c1c2c(c([2H])c(C([2H])([2H])C(=O)c3sccc3S(=O)(=O)Nc3onc(C)c3Cl)c1C([2H])([2H])[2H])OC([2H])([2H])O2.[2H]c1c2c(c([2H])c(C([2H])([2H])C(=O)c3sccc3S(=O)(=O)Nc3onc(C)c3Cl)c1C([2H])([2H])[2H])OC([2H])O2.[2H]c1c2c(c([2H])c(C([2H])([2H])C(=O)c3sccc3S(=O)(=O)Nc3onc(C)c3Cl)c1C([2H])([2H])[2H])OCO2. The number of hydrogen-bond donors (Lipinski definition) is 5. The molecule has 55 heteroatoms. The maximum absolute atomic E-state index is 13.5. The van der Waals surface area contributed by atoms with Crippen LogP contribution in [0, 0.1) is 68.9 Å². The number of hydrogen-bond acceptors (Lipinski definition) is 40. The fourth-order valence-corrected chi connectivity index (χ4v) is 24.9.